The van der Waals surface area contributed by atoms with Crippen LogP contribution < -0.4 is 0 Å². The number of fused-ring (bicyclic) bond motifs is 1. The lowest BCUT2D eigenvalue weighted by Crippen LogP contribution is -2.41. The predicted molar refractivity (Wildman–Crippen MR) is 98.6 cm³/mol. The van der Waals surface area contributed by atoms with Gasteiger partial charge in [-0.05, 0) is 56.4 Å². The number of hydrogen-bond donors (Lipinski definition) is 1. The molecule has 5 nitrogen and oxygen atoms in total. The third kappa shape index (κ3) is 3.06. The molecular weight excluding hydrogens is 312 g/mol. The fourth-order valence-electron chi connectivity index (χ4n) is 3.87. The van der Waals surface area contributed by atoms with Gasteiger partial charge in [0.15, 0.2) is 0 Å². The van der Waals surface area contributed by atoms with Crippen molar-refractivity contribution in [1.29, 1.82) is 0 Å². The van der Waals surface area contributed by atoms with Crippen LogP contribution in [0.15, 0.2) is 36.9 Å². The molecule has 1 amide bonds. The van der Waals surface area contributed by atoms with Crippen LogP contribution >= 0.6 is 0 Å². The molecular formula is C20H24N4O. The number of rotatable bonds is 3. The first-order valence-electron chi connectivity index (χ1n) is 8.96. The van der Waals surface area contributed by atoms with Crippen LogP contribution in [0.2, 0.25) is 0 Å². The molecule has 0 radical (unpaired) electrons. The minimum atomic E-state index is 0.149. The number of aryl methyl sites for hydroxylation is 2. The Morgan fingerprint density at radius 2 is 2.24 bits per heavy atom. The quantitative estimate of drug-likeness (QED) is 0.795. The summed E-state index contributed by atoms with van der Waals surface area (Å²) >= 11 is 0. The van der Waals surface area contributed by atoms with Crippen LogP contribution in [0.3, 0.4) is 0 Å². The highest BCUT2D eigenvalue weighted by molar-refractivity contribution is 5.99. The van der Waals surface area contributed by atoms with Gasteiger partial charge in [0.1, 0.15) is 0 Å². The number of nitrogens with one attached hydrogen (secondary N) is 1. The topological polar surface area (TPSA) is 53.9 Å². The monoisotopic (exact) mass is 336 g/mol. The molecule has 130 valence electrons. The van der Waals surface area contributed by atoms with Crippen LogP contribution in [-0.4, -0.2) is 38.4 Å². The van der Waals surface area contributed by atoms with Crippen molar-refractivity contribution < 1.29 is 4.79 Å². The lowest BCUT2D eigenvalue weighted by atomic mass is 9.97. The zero-order chi connectivity index (χ0) is 17.4. The van der Waals surface area contributed by atoms with Gasteiger partial charge in [0, 0.05) is 54.2 Å². The van der Waals surface area contributed by atoms with E-state index in [1.54, 1.807) is 0 Å². The van der Waals surface area contributed by atoms with Crippen molar-refractivity contribution in [2.45, 2.75) is 33.2 Å². The number of carbonyl (C=O) groups excluding carboxylic acids is 1. The number of carbonyl (C=O) groups is 1. The van der Waals surface area contributed by atoms with E-state index >= 15 is 0 Å². The summed E-state index contributed by atoms with van der Waals surface area (Å²) in [5.41, 5.74) is 4.28. The number of benzene rings is 1. The molecule has 0 bridgehead atoms. The van der Waals surface area contributed by atoms with E-state index in [0.29, 0.717) is 5.92 Å². The molecule has 0 aliphatic carbocycles. The molecule has 3 heterocycles. The second-order valence-corrected chi connectivity index (χ2v) is 7.15. The first kappa shape index (κ1) is 15.9. The molecule has 1 aliphatic heterocycles. The number of imidazole rings is 1. The molecule has 25 heavy (non-hydrogen) atoms. The summed E-state index contributed by atoms with van der Waals surface area (Å²) in [6.45, 7) is 6.77. The number of amides is 1. The number of nitrogens with zero attached hydrogens (tertiary/aromatic N) is 3. The third-order valence-electron chi connectivity index (χ3n) is 5.39. The first-order chi connectivity index (χ1) is 12.1. The van der Waals surface area contributed by atoms with E-state index in [4.69, 9.17) is 0 Å². The Bertz CT molecular complexity index is 894. The summed E-state index contributed by atoms with van der Waals surface area (Å²) in [4.78, 5) is 22.5. The van der Waals surface area contributed by atoms with Crippen LogP contribution in [0.1, 0.15) is 34.5 Å². The molecule has 5 heteroatoms. The van der Waals surface area contributed by atoms with Crippen molar-refractivity contribution in [3.63, 3.8) is 0 Å². The number of hydrogen-bond acceptors (Lipinski definition) is 2. The number of H-pyrrole nitrogens is 1. The number of piperidine rings is 1. The summed E-state index contributed by atoms with van der Waals surface area (Å²) in [6, 6.07) is 6.00. The second-order valence-electron chi connectivity index (χ2n) is 7.15. The highest BCUT2D eigenvalue weighted by Crippen LogP contribution is 2.25. The van der Waals surface area contributed by atoms with E-state index in [2.05, 4.69) is 28.4 Å². The zero-order valence-corrected chi connectivity index (χ0v) is 14.8. The van der Waals surface area contributed by atoms with Gasteiger partial charge in [0.2, 0.25) is 0 Å². The predicted octanol–water partition coefficient (Wildman–Crippen LogP) is 3.53. The fourth-order valence-corrected chi connectivity index (χ4v) is 3.87. The maximum absolute atomic E-state index is 13.0. The van der Waals surface area contributed by atoms with Gasteiger partial charge >= 0.3 is 0 Å². The van der Waals surface area contributed by atoms with E-state index in [0.717, 1.165) is 54.6 Å². The molecule has 1 aliphatic rings. The van der Waals surface area contributed by atoms with Crippen LogP contribution in [0.25, 0.3) is 10.9 Å². The lowest BCUT2D eigenvalue weighted by Gasteiger charge is -2.33. The largest absolute Gasteiger partial charge is 0.358 e. The molecule has 3 aromatic rings. The van der Waals surface area contributed by atoms with Crippen LogP contribution in [0.5, 0.6) is 0 Å². The van der Waals surface area contributed by atoms with E-state index in [1.807, 2.05) is 41.8 Å². The molecule has 1 N–H and O–H groups in total. The average molecular weight is 336 g/mol. The molecule has 2 aromatic heterocycles. The van der Waals surface area contributed by atoms with Gasteiger partial charge < -0.3 is 14.5 Å². The lowest BCUT2D eigenvalue weighted by molar-refractivity contribution is 0.0662. The first-order valence-corrected chi connectivity index (χ1v) is 8.96. The van der Waals surface area contributed by atoms with Crippen molar-refractivity contribution in [2.24, 2.45) is 5.92 Å². The molecule has 4 rings (SSSR count). The Labute approximate surface area is 147 Å². The summed E-state index contributed by atoms with van der Waals surface area (Å²) in [6.07, 6.45) is 7.88. The van der Waals surface area contributed by atoms with Gasteiger partial charge in [-0.15, -0.1) is 0 Å². The molecule has 0 spiro atoms. The van der Waals surface area contributed by atoms with Crippen LogP contribution in [0, 0.1) is 19.8 Å². The van der Waals surface area contributed by atoms with Crippen molar-refractivity contribution in [3.8, 4) is 0 Å². The maximum Gasteiger partial charge on any atom is 0.253 e. The second kappa shape index (κ2) is 6.39. The van der Waals surface area contributed by atoms with Gasteiger partial charge in [-0.3, -0.25) is 4.79 Å². The minimum Gasteiger partial charge on any atom is -0.358 e. The minimum absolute atomic E-state index is 0.149. The molecule has 1 saturated heterocycles. The summed E-state index contributed by atoms with van der Waals surface area (Å²) in [5, 5.41) is 1.15. The molecule has 1 atom stereocenters. The number of likely N-dealkylation sites (tertiary alicyclic amines) is 1. The highest BCUT2D eigenvalue weighted by Gasteiger charge is 2.25. The molecule has 1 fully saturated rings. The van der Waals surface area contributed by atoms with Crippen molar-refractivity contribution in [1.82, 2.24) is 19.4 Å². The Morgan fingerprint density at radius 1 is 1.36 bits per heavy atom. The van der Waals surface area contributed by atoms with Crippen LogP contribution in [-0.2, 0) is 6.54 Å². The van der Waals surface area contributed by atoms with E-state index in [-0.39, 0.29) is 5.91 Å². The normalized spacial score (nSPS) is 18.0. The van der Waals surface area contributed by atoms with Crippen molar-refractivity contribution in [2.75, 3.05) is 13.1 Å². The Hall–Kier alpha value is -2.56. The highest BCUT2D eigenvalue weighted by atomic mass is 16.2. The van der Waals surface area contributed by atoms with Crippen molar-refractivity contribution >= 4 is 16.8 Å². The van der Waals surface area contributed by atoms with Crippen LogP contribution in [0.4, 0.5) is 0 Å². The van der Waals surface area contributed by atoms with Gasteiger partial charge in [0.05, 0.1) is 6.33 Å². The standard InChI is InChI=1S/C20H24N4O/c1-14-15(2)22-19-6-5-17(10-18(14)19)20(25)24-8-3-4-16(12-24)11-23-9-7-21-13-23/h5-7,9-10,13,16,22H,3-4,8,11-12H2,1-2H3/t16-/m0/s1. The molecule has 0 unspecified atom stereocenters. The molecule has 0 saturated carbocycles. The van der Waals surface area contributed by atoms with Gasteiger partial charge in [0.25, 0.3) is 5.91 Å². The summed E-state index contributed by atoms with van der Waals surface area (Å²) < 4.78 is 2.11. The Morgan fingerprint density at radius 3 is 3.04 bits per heavy atom. The van der Waals surface area contributed by atoms with E-state index in [9.17, 15) is 4.79 Å². The number of aromatic amines is 1. The third-order valence-corrected chi connectivity index (χ3v) is 5.39. The Kier molecular flexibility index (Phi) is 4.07. The van der Waals surface area contributed by atoms with Crippen molar-refractivity contribution in [3.05, 3.63) is 53.7 Å². The van der Waals surface area contributed by atoms with E-state index in [1.165, 1.54) is 5.56 Å². The molecule has 1 aromatic carbocycles. The van der Waals surface area contributed by atoms with Gasteiger partial charge in [-0.2, -0.15) is 0 Å². The summed E-state index contributed by atoms with van der Waals surface area (Å²) in [7, 11) is 0. The smallest absolute Gasteiger partial charge is 0.253 e. The fraction of sp³-hybridized carbons (Fsp3) is 0.400. The Balaban J connectivity index is 1.52. The SMILES string of the molecule is Cc1[nH]c2ccc(C(=O)N3CCC[C@@H](Cn4ccnc4)C3)cc2c1C. The van der Waals surface area contributed by atoms with E-state index < -0.39 is 0 Å². The van der Waals surface area contributed by atoms with Gasteiger partial charge in [-0.1, -0.05) is 0 Å². The number of aromatic nitrogens is 3. The zero-order valence-electron chi connectivity index (χ0n) is 14.8. The summed E-state index contributed by atoms with van der Waals surface area (Å²) in [5.74, 6) is 0.641. The average Bonchev–Trinajstić information content (AvgIpc) is 3.23. The van der Waals surface area contributed by atoms with Gasteiger partial charge in [-0.25, -0.2) is 4.98 Å². The maximum atomic E-state index is 13.0.